The molecule has 0 bridgehead atoms. The van der Waals surface area contributed by atoms with Crippen molar-refractivity contribution in [3.63, 3.8) is 0 Å². The Bertz CT molecular complexity index is 792. The lowest BCUT2D eigenvalue weighted by Gasteiger charge is -2.46. The zero-order chi connectivity index (χ0) is 15.3. The molecule has 0 saturated heterocycles. The van der Waals surface area contributed by atoms with Gasteiger partial charge in [-0.2, -0.15) is 0 Å². The van der Waals surface area contributed by atoms with Gasteiger partial charge in [-0.15, -0.1) is 0 Å². The van der Waals surface area contributed by atoms with Gasteiger partial charge in [0.2, 0.25) is 0 Å². The molecule has 0 amide bonds. The lowest BCUT2D eigenvalue weighted by molar-refractivity contribution is -0.137. The van der Waals surface area contributed by atoms with Gasteiger partial charge in [-0.05, 0) is 49.5 Å². The van der Waals surface area contributed by atoms with Crippen LogP contribution in [0.4, 0.5) is 0 Å². The van der Waals surface area contributed by atoms with Crippen LogP contribution in [0.2, 0.25) is 0 Å². The van der Waals surface area contributed by atoms with Crippen molar-refractivity contribution in [1.29, 1.82) is 0 Å². The van der Waals surface area contributed by atoms with Gasteiger partial charge < -0.3 is 9.47 Å². The maximum absolute atomic E-state index is 6.57. The van der Waals surface area contributed by atoms with Crippen molar-refractivity contribution in [2.75, 3.05) is 0 Å². The van der Waals surface area contributed by atoms with E-state index in [9.17, 15) is 0 Å². The third-order valence-corrected chi connectivity index (χ3v) is 5.44. The summed E-state index contributed by atoms with van der Waals surface area (Å²) in [6.45, 7) is 0. The summed E-state index contributed by atoms with van der Waals surface area (Å²) in [6.07, 6.45) is 8.03. The highest BCUT2D eigenvalue weighted by Gasteiger charge is 2.52. The second kappa shape index (κ2) is 4.89. The van der Waals surface area contributed by atoms with Crippen LogP contribution in [-0.2, 0) is 6.42 Å². The molecule has 2 atom stereocenters. The summed E-state index contributed by atoms with van der Waals surface area (Å²) in [5, 5.41) is 0. The molecule has 1 unspecified atom stereocenters. The summed E-state index contributed by atoms with van der Waals surface area (Å²) in [5.41, 5.74) is 3.80. The summed E-state index contributed by atoms with van der Waals surface area (Å²) in [5.74, 6) is 1.72. The number of hydrogen-bond acceptors (Lipinski definition) is 2. The fraction of sp³-hybridized carbons (Fsp3) is 0.333. The molecule has 23 heavy (non-hydrogen) atoms. The Morgan fingerprint density at radius 1 is 0.870 bits per heavy atom. The van der Waals surface area contributed by atoms with E-state index in [0.717, 1.165) is 30.8 Å². The summed E-state index contributed by atoms with van der Waals surface area (Å²) in [4.78, 5) is 0. The molecular formula is C21H20O2. The topological polar surface area (TPSA) is 18.5 Å². The first-order valence-corrected chi connectivity index (χ1v) is 8.61. The van der Waals surface area contributed by atoms with E-state index in [1.807, 2.05) is 12.1 Å². The molecule has 0 aromatic heterocycles. The molecule has 2 aromatic rings. The van der Waals surface area contributed by atoms with Crippen LogP contribution in [0.5, 0.6) is 11.5 Å². The molecule has 0 N–H and O–H groups in total. The monoisotopic (exact) mass is 304 g/mol. The first-order chi connectivity index (χ1) is 11.4. The molecular weight excluding hydrogens is 284 g/mol. The zero-order valence-electron chi connectivity index (χ0n) is 13.1. The lowest BCUT2D eigenvalue weighted by Crippen LogP contribution is -2.54. The summed E-state index contributed by atoms with van der Waals surface area (Å²) in [6, 6.07) is 16.7. The molecule has 2 aromatic carbocycles. The normalized spacial score (nSPS) is 27.8. The van der Waals surface area contributed by atoms with Crippen molar-refractivity contribution in [2.24, 2.45) is 5.92 Å². The summed E-state index contributed by atoms with van der Waals surface area (Å²) >= 11 is 0. The Labute approximate surface area is 136 Å². The highest BCUT2D eigenvalue weighted by molar-refractivity contribution is 5.64. The van der Waals surface area contributed by atoms with Crippen LogP contribution in [0.3, 0.4) is 0 Å². The molecule has 1 aliphatic carbocycles. The van der Waals surface area contributed by atoms with Crippen LogP contribution in [0, 0.1) is 5.92 Å². The Balaban J connectivity index is 1.68. The largest absolute Gasteiger partial charge is 0.448 e. The third-order valence-electron chi connectivity index (χ3n) is 5.44. The molecule has 1 fully saturated rings. The van der Waals surface area contributed by atoms with Crippen molar-refractivity contribution < 1.29 is 9.47 Å². The molecule has 5 rings (SSSR count). The first-order valence-electron chi connectivity index (χ1n) is 8.61. The number of benzene rings is 2. The van der Waals surface area contributed by atoms with E-state index >= 15 is 0 Å². The van der Waals surface area contributed by atoms with Gasteiger partial charge in [-0.1, -0.05) is 42.8 Å². The Hall–Kier alpha value is -2.22. The zero-order valence-corrected chi connectivity index (χ0v) is 13.1. The van der Waals surface area contributed by atoms with E-state index in [2.05, 4.69) is 42.5 Å². The molecule has 2 heteroatoms. The fourth-order valence-electron chi connectivity index (χ4n) is 4.31. The van der Waals surface area contributed by atoms with E-state index in [4.69, 9.17) is 9.47 Å². The smallest absolute Gasteiger partial charge is 0.277 e. The van der Waals surface area contributed by atoms with Gasteiger partial charge in [0, 0.05) is 17.1 Å². The average molecular weight is 304 g/mol. The van der Waals surface area contributed by atoms with E-state index in [0.29, 0.717) is 5.92 Å². The van der Waals surface area contributed by atoms with E-state index in [1.165, 1.54) is 29.5 Å². The minimum Gasteiger partial charge on any atom is -0.448 e. The quantitative estimate of drug-likeness (QED) is 0.683. The van der Waals surface area contributed by atoms with Crippen LogP contribution in [0.25, 0.3) is 6.08 Å². The van der Waals surface area contributed by atoms with Crippen LogP contribution < -0.4 is 9.47 Å². The molecule has 3 aliphatic rings. The van der Waals surface area contributed by atoms with Gasteiger partial charge in [0.05, 0.1) is 0 Å². The van der Waals surface area contributed by atoms with Crippen molar-refractivity contribution in [1.82, 2.24) is 0 Å². The number of para-hydroxylation sites is 2. The average Bonchev–Trinajstić information content (AvgIpc) is 2.76. The van der Waals surface area contributed by atoms with Crippen LogP contribution in [0.1, 0.15) is 36.8 Å². The second-order valence-corrected chi connectivity index (χ2v) is 6.83. The maximum Gasteiger partial charge on any atom is 0.277 e. The van der Waals surface area contributed by atoms with Crippen LogP contribution in [-0.4, -0.2) is 5.79 Å². The second-order valence-electron chi connectivity index (χ2n) is 6.83. The summed E-state index contributed by atoms with van der Waals surface area (Å²) < 4.78 is 13.1. The predicted octanol–water partition coefficient (Wildman–Crippen LogP) is 4.98. The number of ether oxygens (including phenoxy) is 2. The minimum atomic E-state index is -0.598. The van der Waals surface area contributed by atoms with Crippen molar-refractivity contribution in [3.8, 4) is 11.5 Å². The number of rotatable bonds is 0. The van der Waals surface area contributed by atoms with Gasteiger partial charge in [0.15, 0.2) is 0 Å². The molecule has 2 aliphatic heterocycles. The van der Waals surface area contributed by atoms with E-state index in [-0.39, 0.29) is 0 Å². The Morgan fingerprint density at radius 2 is 1.65 bits per heavy atom. The van der Waals surface area contributed by atoms with Crippen molar-refractivity contribution in [2.45, 2.75) is 37.9 Å². The standard InChI is InChI=1S/C21H20O2/c1-5-11-19-15(7-1)13-17-9-3-4-10-18-14-16-8-2-6-12-20(16)23-21(17,18)22-19/h1-2,5-8,11-13,18H,3-4,9-10,14H2/t18?,21-/m0/s1. The van der Waals surface area contributed by atoms with Gasteiger partial charge in [-0.3, -0.25) is 0 Å². The van der Waals surface area contributed by atoms with Crippen molar-refractivity contribution in [3.05, 3.63) is 65.2 Å². The molecule has 1 saturated carbocycles. The molecule has 0 radical (unpaired) electrons. The molecule has 1 spiro atoms. The van der Waals surface area contributed by atoms with E-state index in [1.54, 1.807) is 0 Å². The third kappa shape index (κ3) is 1.94. The van der Waals surface area contributed by atoms with Gasteiger partial charge in [0.1, 0.15) is 11.5 Å². The lowest BCUT2D eigenvalue weighted by atomic mass is 9.80. The van der Waals surface area contributed by atoms with E-state index < -0.39 is 5.79 Å². The number of hydrogen-bond donors (Lipinski definition) is 0. The number of fused-ring (bicyclic) bond motifs is 2. The van der Waals surface area contributed by atoms with Gasteiger partial charge in [-0.25, -0.2) is 0 Å². The SMILES string of the molecule is C1=C2CCCCC3Cc4ccccc4O[C@@]23Oc2ccccc21. The molecule has 2 heterocycles. The molecule has 2 nitrogen and oxygen atoms in total. The van der Waals surface area contributed by atoms with Gasteiger partial charge in [0.25, 0.3) is 5.79 Å². The minimum absolute atomic E-state index is 0.388. The maximum atomic E-state index is 6.57. The van der Waals surface area contributed by atoms with Crippen LogP contribution >= 0.6 is 0 Å². The van der Waals surface area contributed by atoms with Crippen molar-refractivity contribution >= 4 is 6.08 Å². The Kier molecular flexibility index (Phi) is 2.81. The first kappa shape index (κ1) is 13.2. The van der Waals surface area contributed by atoms with Crippen LogP contribution in [0.15, 0.2) is 54.1 Å². The summed E-state index contributed by atoms with van der Waals surface area (Å²) in [7, 11) is 0. The van der Waals surface area contributed by atoms with Gasteiger partial charge >= 0.3 is 0 Å². The highest BCUT2D eigenvalue weighted by atomic mass is 16.7. The molecule has 116 valence electrons. The predicted molar refractivity (Wildman–Crippen MR) is 90.5 cm³/mol. The Morgan fingerprint density at radius 3 is 2.61 bits per heavy atom. The highest BCUT2D eigenvalue weighted by Crippen LogP contribution is 2.50. The fourth-order valence-corrected chi connectivity index (χ4v) is 4.31.